The molecule has 0 saturated heterocycles. The highest BCUT2D eigenvalue weighted by molar-refractivity contribution is 4.91. The maximum absolute atomic E-state index is 8.71. The molecule has 18 heavy (non-hydrogen) atoms. The Hall–Kier alpha value is -1.80. The van der Waals surface area contributed by atoms with E-state index < -0.39 is 0 Å². The standard InChI is InChI=1S/C10H17N7O/c18-5-1-4-17-7-9(14-16-17)6-11-3-2-10-12-8-13-15-10/h7-8,11,18H,1-6H2,(H,12,13,15). The van der Waals surface area contributed by atoms with Crippen molar-refractivity contribution in [2.45, 2.75) is 25.9 Å². The van der Waals surface area contributed by atoms with E-state index >= 15 is 0 Å². The Morgan fingerprint density at radius 3 is 3.17 bits per heavy atom. The van der Waals surface area contributed by atoms with Crippen LogP contribution in [0.3, 0.4) is 0 Å². The topological polar surface area (TPSA) is 105 Å². The van der Waals surface area contributed by atoms with Crippen LogP contribution in [0.15, 0.2) is 12.5 Å². The van der Waals surface area contributed by atoms with Crippen LogP contribution in [0.1, 0.15) is 17.9 Å². The first-order chi connectivity index (χ1) is 8.88. The quantitative estimate of drug-likeness (QED) is 0.526. The van der Waals surface area contributed by atoms with E-state index in [2.05, 4.69) is 30.8 Å². The number of aromatic nitrogens is 6. The maximum atomic E-state index is 8.71. The Labute approximate surface area is 104 Å². The first kappa shape index (κ1) is 12.7. The molecule has 0 atom stereocenters. The van der Waals surface area contributed by atoms with Gasteiger partial charge >= 0.3 is 0 Å². The first-order valence-electron chi connectivity index (χ1n) is 5.93. The fourth-order valence-electron chi connectivity index (χ4n) is 1.54. The van der Waals surface area contributed by atoms with Crippen LogP contribution in [0.2, 0.25) is 0 Å². The van der Waals surface area contributed by atoms with Crippen LogP contribution in [0.25, 0.3) is 0 Å². The van der Waals surface area contributed by atoms with Crippen molar-refractivity contribution in [2.75, 3.05) is 13.2 Å². The van der Waals surface area contributed by atoms with Crippen LogP contribution in [-0.4, -0.2) is 48.4 Å². The third-order valence-corrected chi connectivity index (χ3v) is 2.44. The average molecular weight is 251 g/mol. The lowest BCUT2D eigenvalue weighted by atomic mass is 10.4. The van der Waals surface area contributed by atoms with Gasteiger partial charge in [-0.15, -0.1) is 5.10 Å². The van der Waals surface area contributed by atoms with Gasteiger partial charge in [-0.05, 0) is 6.42 Å². The summed E-state index contributed by atoms with van der Waals surface area (Å²) in [6, 6.07) is 0. The second-order valence-corrected chi connectivity index (χ2v) is 3.91. The molecule has 98 valence electrons. The van der Waals surface area contributed by atoms with Crippen LogP contribution < -0.4 is 5.32 Å². The van der Waals surface area contributed by atoms with E-state index in [9.17, 15) is 0 Å². The van der Waals surface area contributed by atoms with Gasteiger partial charge in [0.2, 0.25) is 0 Å². The number of hydrogen-bond acceptors (Lipinski definition) is 6. The number of nitrogens with zero attached hydrogens (tertiary/aromatic N) is 5. The summed E-state index contributed by atoms with van der Waals surface area (Å²) < 4.78 is 1.74. The van der Waals surface area contributed by atoms with Crippen LogP contribution in [0, 0.1) is 0 Å². The van der Waals surface area contributed by atoms with E-state index in [-0.39, 0.29) is 6.61 Å². The molecule has 0 amide bonds. The second-order valence-electron chi connectivity index (χ2n) is 3.91. The molecule has 0 radical (unpaired) electrons. The SMILES string of the molecule is OCCCn1cc(CNCCc2ncn[nH]2)nn1. The van der Waals surface area contributed by atoms with Crippen molar-refractivity contribution < 1.29 is 5.11 Å². The fraction of sp³-hybridized carbons (Fsp3) is 0.600. The number of aryl methyl sites for hydroxylation is 1. The van der Waals surface area contributed by atoms with Crippen molar-refractivity contribution >= 4 is 0 Å². The smallest absolute Gasteiger partial charge is 0.137 e. The maximum Gasteiger partial charge on any atom is 0.137 e. The second kappa shape index (κ2) is 6.82. The molecule has 2 aromatic heterocycles. The molecule has 3 N–H and O–H groups in total. The zero-order valence-corrected chi connectivity index (χ0v) is 10.1. The van der Waals surface area contributed by atoms with Gasteiger partial charge in [0.25, 0.3) is 0 Å². The minimum absolute atomic E-state index is 0.171. The number of nitrogens with one attached hydrogen (secondary N) is 2. The summed E-state index contributed by atoms with van der Waals surface area (Å²) >= 11 is 0. The van der Waals surface area contributed by atoms with Gasteiger partial charge in [-0.2, -0.15) is 5.10 Å². The molecule has 0 aliphatic rings. The normalized spacial score (nSPS) is 10.9. The number of rotatable bonds is 8. The highest BCUT2D eigenvalue weighted by Crippen LogP contribution is 1.94. The lowest BCUT2D eigenvalue weighted by Crippen LogP contribution is -2.17. The van der Waals surface area contributed by atoms with E-state index in [1.54, 1.807) is 4.68 Å². The van der Waals surface area contributed by atoms with Crippen LogP contribution in [-0.2, 0) is 19.5 Å². The average Bonchev–Trinajstić information content (AvgIpc) is 3.04. The minimum Gasteiger partial charge on any atom is -0.396 e. The first-order valence-corrected chi connectivity index (χ1v) is 5.93. The van der Waals surface area contributed by atoms with Gasteiger partial charge in [0, 0.05) is 38.9 Å². The fourth-order valence-corrected chi connectivity index (χ4v) is 1.54. The van der Waals surface area contributed by atoms with Gasteiger partial charge in [-0.1, -0.05) is 5.21 Å². The van der Waals surface area contributed by atoms with E-state index in [4.69, 9.17) is 5.11 Å². The van der Waals surface area contributed by atoms with Gasteiger partial charge in [0.05, 0.1) is 5.69 Å². The molecule has 2 heterocycles. The number of hydrogen-bond donors (Lipinski definition) is 3. The minimum atomic E-state index is 0.171. The highest BCUT2D eigenvalue weighted by atomic mass is 16.3. The van der Waals surface area contributed by atoms with Gasteiger partial charge in [-0.3, -0.25) is 9.78 Å². The molecular weight excluding hydrogens is 234 g/mol. The van der Waals surface area contributed by atoms with Gasteiger partial charge in [0.15, 0.2) is 0 Å². The molecule has 0 aliphatic carbocycles. The van der Waals surface area contributed by atoms with E-state index in [0.717, 1.165) is 24.5 Å². The zero-order valence-electron chi connectivity index (χ0n) is 10.1. The molecule has 2 aromatic rings. The van der Waals surface area contributed by atoms with Gasteiger partial charge in [0.1, 0.15) is 12.2 Å². The Bertz CT molecular complexity index is 439. The highest BCUT2D eigenvalue weighted by Gasteiger charge is 2.00. The molecule has 8 nitrogen and oxygen atoms in total. The summed E-state index contributed by atoms with van der Waals surface area (Å²) in [7, 11) is 0. The molecule has 0 spiro atoms. The summed E-state index contributed by atoms with van der Waals surface area (Å²) in [5.74, 6) is 0.870. The lowest BCUT2D eigenvalue weighted by molar-refractivity contribution is 0.276. The van der Waals surface area contributed by atoms with Crippen molar-refractivity contribution in [2.24, 2.45) is 0 Å². The van der Waals surface area contributed by atoms with Crippen molar-refractivity contribution in [3.63, 3.8) is 0 Å². The summed E-state index contributed by atoms with van der Waals surface area (Å²) in [6.07, 6.45) is 4.89. The third kappa shape index (κ3) is 3.90. The lowest BCUT2D eigenvalue weighted by Gasteiger charge is -1.99. The summed E-state index contributed by atoms with van der Waals surface area (Å²) in [4.78, 5) is 4.04. The van der Waals surface area contributed by atoms with Crippen molar-refractivity contribution in [3.8, 4) is 0 Å². The van der Waals surface area contributed by atoms with Crippen molar-refractivity contribution in [1.29, 1.82) is 0 Å². The number of aliphatic hydroxyl groups excluding tert-OH is 1. The zero-order chi connectivity index (χ0) is 12.6. The Balaban J connectivity index is 1.65. The Morgan fingerprint density at radius 1 is 1.44 bits per heavy atom. The van der Waals surface area contributed by atoms with Crippen molar-refractivity contribution in [1.82, 2.24) is 35.5 Å². The molecule has 0 bridgehead atoms. The molecule has 0 unspecified atom stereocenters. The summed E-state index contributed by atoms with van der Waals surface area (Å²) in [5.41, 5.74) is 0.894. The van der Waals surface area contributed by atoms with Gasteiger partial charge in [-0.25, -0.2) is 4.98 Å². The Kier molecular flexibility index (Phi) is 4.79. The molecular formula is C10H17N7O. The largest absolute Gasteiger partial charge is 0.396 e. The molecule has 0 saturated carbocycles. The van der Waals surface area contributed by atoms with Gasteiger partial charge < -0.3 is 10.4 Å². The predicted molar refractivity (Wildman–Crippen MR) is 63.5 cm³/mol. The van der Waals surface area contributed by atoms with Crippen LogP contribution >= 0.6 is 0 Å². The number of aromatic amines is 1. The number of aliphatic hydroxyl groups is 1. The molecule has 0 aromatic carbocycles. The van der Waals surface area contributed by atoms with E-state index in [1.807, 2.05) is 6.20 Å². The molecule has 0 fully saturated rings. The van der Waals surface area contributed by atoms with Crippen LogP contribution in [0.4, 0.5) is 0 Å². The third-order valence-electron chi connectivity index (χ3n) is 2.44. The monoisotopic (exact) mass is 251 g/mol. The summed E-state index contributed by atoms with van der Waals surface area (Å²) in [6.45, 7) is 2.35. The van der Waals surface area contributed by atoms with Crippen molar-refractivity contribution in [3.05, 3.63) is 24.0 Å². The Morgan fingerprint density at radius 2 is 2.39 bits per heavy atom. The predicted octanol–water partition coefficient (Wildman–Crippen LogP) is -0.889. The van der Waals surface area contributed by atoms with E-state index in [0.29, 0.717) is 19.5 Å². The summed E-state index contributed by atoms with van der Waals surface area (Å²) in [5, 5.41) is 26.6. The molecule has 2 rings (SSSR count). The molecule has 8 heteroatoms. The van der Waals surface area contributed by atoms with Crippen LogP contribution in [0.5, 0.6) is 0 Å². The number of H-pyrrole nitrogens is 1. The molecule has 0 aliphatic heterocycles. The van der Waals surface area contributed by atoms with E-state index in [1.165, 1.54) is 6.33 Å².